The summed E-state index contributed by atoms with van der Waals surface area (Å²) in [4.78, 5) is 29.1. The number of carbonyl (C=O) groups excluding carboxylic acids is 1. The van der Waals surface area contributed by atoms with Gasteiger partial charge in [0.1, 0.15) is 5.03 Å². The van der Waals surface area contributed by atoms with Crippen LogP contribution in [-0.4, -0.2) is 22.0 Å². The third-order valence-corrected chi connectivity index (χ3v) is 6.52. The normalized spacial score (nSPS) is 11.9. The van der Waals surface area contributed by atoms with Crippen molar-refractivity contribution >= 4 is 33.5 Å². The minimum atomic E-state index is -0.924. The number of rotatable bonds is 10. The van der Waals surface area contributed by atoms with E-state index in [1.165, 1.54) is 21.6 Å². The van der Waals surface area contributed by atoms with Crippen LogP contribution in [0.1, 0.15) is 60.5 Å². The highest BCUT2D eigenvalue weighted by Crippen LogP contribution is 2.41. The van der Waals surface area contributed by atoms with Crippen molar-refractivity contribution in [1.82, 2.24) is 4.98 Å². The van der Waals surface area contributed by atoms with E-state index in [1.807, 2.05) is 44.2 Å². The van der Waals surface area contributed by atoms with Gasteiger partial charge in [-0.3, -0.25) is 9.59 Å². The highest BCUT2D eigenvalue weighted by molar-refractivity contribution is 8.76. The van der Waals surface area contributed by atoms with E-state index in [0.29, 0.717) is 22.4 Å². The Morgan fingerprint density at radius 3 is 2.56 bits per heavy atom. The monoisotopic (exact) mass is 404 g/mol. The van der Waals surface area contributed by atoms with Gasteiger partial charge in [-0.25, -0.2) is 4.98 Å². The van der Waals surface area contributed by atoms with Crippen molar-refractivity contribution in [3.8, 4) is 0 Å². The highest BCUT2D eigenvalue weighted by Gasteiger charge is 2.27. The molecule has 0 saturated carbocycles. The van der Waals surface area contributed by atoms with E-state index in [2.05, 4.69) is 4.98 Å². The minimum Gasteiger partial charge on any atom is -0.481 e. The predicted octanol–water partition coefficient (Wildman–Crippen LogP) is 4.90. The van der Waals surface area contributed by atoms with Crippen LogP contribution in [0.2, 0.25) is 0 Å². The van der Waals surface area contributed by atoms with E-state index in [4.69, 9.17) is 5.73 Å². The molecule has 0 radical (unpaired) electrons. The number of hydrogen-bond acceptors (Lipinski definition) is 5. The number of nitrogens with two attached hydrogens (primary N) is 1. The second-order valence-electron chi connectivity index (χ2n) is 6.14. The summed E-state index contributed by atoms with van der Waals surface area (Å²) in [5.74, 6) is -2.26. The number of hydrogen-bond donors (Lipinski definition) is 2. The molecule has 0 fully saturated rings. The Labute approximate surface area is 167 Å². The smallest absolute Gasteiger partial charge is 0.310 e. The number of carboxylic acid groups (broad SMARTS) is 1. The van der Waals surface area contributed by atoms with Crippen molar-refractivity contribution in [3.63, 3.8) is 0 Å². The Kier molecular flexibility index (Phi) is 8.19. The van der Waals surface area contributed by atoms with Crippen molar-refractivity contribution in [1.29, 1.82) is 0 Å². The highest BCUT2D eigenvalue weighted by atomic mass is 33.1. The van der Waals surface area contributed by atoms with Crippen LogP contribution in [0.4, 0.5) is 0 Å². The number of pyridine rings is 1. The third-order valence-electron chi connectivity index (χ3n) is 4.22. The standard InChI is InChI=1S/C20H24N2O3S2/c1-3-5-8-14(20(24)25)15-11-13(4-2)12-16(18(15)19(21)23)26-27-17-9-6-7-10-22-17/h6-7,9-12,14H,3-5,8H2,1-2H3,(H2,21,23)(H,24,25). The van der Waals surface area contributed by atoms with E-state index in [9.17, 15) is 14.7 Å². The summed E-state index contributed by atoms with van der Waals surface area (Å²) < 4.78 is 0. The molecule has 144 valence electrons. The summed E-state index contributed by atoms with van der Waals surface area (Å²) in [6, 6.07) is 9.36. The third kappa shape index (κ3) is 5.74. The molecule has 0 spiro atoms. The Morgan fingerprint density at radius 2 is 2.00 bits per heavy atom. The number of carboxylic acids is 1. The molecule has 0 aliphatic heterocycles. The van der Waals surface area contributed by atoms with Gasteiger partial charge < -0.3 is 10.8 Å². The number of primary amides is 1. The summed E-state index contributed by atoms with van der Waals surface area (Å²) in [6.07, 6.45) is 4.60. The van der Waals surface area contributed by atoms with Crippen LogP contribution < -0.4 is 5.73 Å². The topological polar surface area (TPSA) is 93.3 Å². The zero-order valence-corrected chi connectivity index (χ0v) is 17.1. The van der Waals surface area contributed by atoms with Crippen LogP contribution in [0.3, 0.4) is 0 Å². The second-order valence-corrected chi connectivity index (χ2v) is 8.34. The lowest BCUT2D eigenvalue weighted by Crippen LogP contribution is -2.21. The average molecular weight is 405 g/mol. The van der Waals surface area contributed by atoms with Crippen molar-refractivity contribution < 1.29 is 14.7 Å². The molecule has 5 nitrogen and oxygen atoms in total. The fraction of sp³-hybridized carbons (Fsp3) is 0.350. The molecular weight excluding hydrogens is 380 g/mol. The van der Waals surface area contributed by atoms with Crippen molar-refractivity contribution in [2.24, 2.45) is 5.73 Å². The van der Waals surface area contributed by atoms with Gasteiger partial charge in [-0.15, -0.1) is 0 Å². The zero-order chi connectivity index (χ0) is 19.8. The maximum atomic E-state index is 12.2. The number of aliphatic carboxylic acids is 1. The minimum absolute atomic E-state index is 0.309. The largest absolute Gasteiger partial charge is 0.481 e. The lowest BCUT2D eigenvalue weighted by molar-refractivity contribution is -0.139. The van der Waals surface area contributed by atoms with E-state index in [0.717, 1.165) is 29.9 Å². The molecule has 27 heavy (non-hydrogen) atoms. The van der Waals surface area contributed by atoms with Crippen molar-refractivity contribution in [3.05, 3.63) is 53.2 Å². The maximum Gasteiger partial charge on any atom is 0.310 e. The molecule has 1 heterocycles. The first-order chi connectivity index (χ1) is 13.0. The first-order valence-electron chi connectivity index (χ1n) is 8.92. The molecule has 0 aliphatic rings. The zero-order valence-electron chi connectivity index (χ0n) is 15.5. The predicted molar refractivity (Wildman–Crippen MR) is 110 cm³/mol. The summed E-state index contributed by atoms with van der Waals surface area (Å²) in [5.41, 5.74) is 7.49. The van der Waals surface area contributed by atoms with Crippen molar-refractivity contribution in [2.45, 2.75) is 55.4 Å². The van der Waals surface area contributed by atoms with Crippen molar-refractivity contribution in [2.75, 3.05) is 0 Å². The molecule has 7 heteroatoms. The van der Waals surface area contributed by atoms with Gasteiger partial charge in [0.05, 0.1) is 11.5 Å². The Balaban J connectivity index is 2.48. The number of benzene rings is 1. The number of amides is 1. The maximum absolute atomic E-state index is 12.2. The molecular formula is C20H24N2O3S2. The number of carbonyl (C=O) groups is 2. The summed E-state index contributed by atoms with van der Waals surface area (Å²) in [7, 11) is 2.81. The fourth-order valence-electron chi connectivity index (χ4n) is 2.81. The van der Waals surface area contributed by atoms with Crippen LogP contribution in [0.15, 0.2) is 46.5 Å². The van der Waals surface area contributed by atoms with Gasteiger partial charge in [-0.2, -0.15) is 0 Å². The lowest BCUT2D eigenvalue weighted by Gasteiger charge is -2.19. The number of unbranched alkanes of at least 4 members (excludes halogenated alkanes) is 1. The average Bonchev–Trinajstić information content (AvgIpc) is 2.66. The van der Waals surface area contributed by atoms with Crippen LogP contribution in [-0.2, 0) is 11.2 Å². The molecule has 3 N–H and O–H groups in total. The summed E-state index contributed by atoms with van der Waals surface area (Å²) in [6.45, 7) is 4.02. The summed E-state index contributed by atoms with van der Waals surface area (Å²) in [5, 5.41) is 10.6. The second kappa shape index (κ2) is 10.4. The SMILES string of the molecule is CCCCC(C(=O)O)c1cc(CC)cc(SSc2ccccn2)c1C(N)=O. The van der Waals surface area contributed by atoms with E-state index in [-0.39, 0.29) is 0 Å². The molecule has 0 saturated heterocycles. The van der Waals surface area contributed by atoms with Crippen LogP contribution in [0, 0.1) is 0 Å². The number of nitrogens with zero attached hydrogens (tertiary/aromatic N) is 1. The van der Waals surface area contributed by atoms with Gasteiger partial charge in [-0.05, 0) is 53.0 Å². The first-order valence-corrected chi connectivity index (χ1v) is 11.1. The van der Waals surface area contributed by atoms with Crippen LogP contribution in [0.25, 0.3) is 0 Å². The fourth-order valence-corrected chi connectivity index (χ4v) is 4.94. The molecule has 1 unspecified atom stereocenters. The van der Waals surface area contributed by atoms with Gasteiger partial charge >= 0.3 is 5.97 Å². The molecule has 1 amide bonds. The Bertz CT molecular complexity index is 797. The molecule has 0 bridgehead atoms. The summed E-state index contributed by atoms with van der Waals surface area (Å²) >= 11 is 0. The lowest BCUT2D eigenvalue weighted by atomic mass is 9.88. The molecule has 1 aromatic carbocycles. The van der Waals surface area contributed by atoms with E-state index < -0.39 is 17.8 Å². The quantitative estimate of drug-likeness (QED) is 0.547. The van der Waals surface area contributed by atoms with Crippen LogP contribution in [0.5, 0.6) is 0 Å². The van der Waals surface area contributed by atoms with Gasteiger partial charge in [0.15, 0.2) is 0 Å². The van der Waals surface area contributed by atoms with E-state index >= 15 is 0 Å². The number of aryl methyl sites for hydroxylation is 1. The van der Waals surface area contributed by atoms with Gasteiger partial charge in [0.25, 0.3) is 0 Å². The number of aromatic nitrogens is 1. The van der Waals surface area contributed by atoms with Gasteiger partial charge in [-0.1, -0.05) is 49.6 Å². The Hall–Kier alpha value is -1.99. The molecule has 2 rings (SSSR count). The molecule has 2 aromatic rings. The molecule has 1 atom stereocenters. The van der Waals surface area contributed by atoms with Gasteiger partial charge in [0.2, 0.25) is 5.91 Å². The first kappa shape index (κ1) is 21.3. The van der Waals surface area contributed by atoms with Crippen LogP contribution >= 0.6 is 21.6 Å². The van der Waals surface area contributed by atoms with E-state index in [1.54, 1.807) is 6.20 Å². The Morgan fingerprint density at radius 1 is 1.22 bits per heavy atom. The molecule has 1 aromatic heterocycles. The molecule has 0 aliphatic carbocycles. The van der Waals surface area contributed by atoms with Gasteiger partial charge in [0, 0.05) is 11.1 Å².